The number of rotatable bonds is 4. The zero-order chi connectivity index (χ0) is 18.6. The topological polar surface area (TPSA) is 44.6 Å². The Bertz CT molecular complexity index is 757. The molecular weight excluding hydrogens is 362 g/mol. The Morgan fingerprint density at radius 2 is 2.04 bits per heavy atom. The fourth-order valence-electron chi connectivity index (χ4n) is 4.13. The highest BCUT2D eigenvalue weighted by Gasteiger charge is 2.30. The summed E-state index contributed by atoms with van der Waals surface area (Å²) in [6, 6.07) is 8.55. The monoisotopic (exact) mass is 387 g/mol. The highest BCUT2D eigenvalue weighted by atomic mass is 35.5. The van der Waals surface area contributed by atoms with Gasteiger partial charge in [-0.15, -0.1) is 0 Å². The van der Waals surface area contributed by atoms with Gasteiger partial charge in [0.15, 0.2) is 0 Å². The van der Waals surface area contributed by atoms with E-state index in [4.69, 9.17) is 11.6 Å². The van der Waals surface area contributed by atoms with Crippen molar-refractivity contribution in [2.45, 2.75) is 25.4 Å². The van der Waals surface area contributed by atoms with E-state index in [2.05, 4.69) is 20.9 Å². The first-order valence-corrected chi connectivity index (χ1v) is 10.0. The molecule has 1 unspecified atom stereocenters. The van der Waals surface area contributed by atoms with Gasteiger partial charge in [-0.3, -0.25) is 9.69 Å². The third-order valence-electron chi connectivity index (χ3n) is 5.63. The van der Waals surface area contributed by atoms with Crippen LogP contribution in [0.1, 0.15) is 12.8 Å². The minimum absolute atomic E-state index is 0.190. The summed E-state index contributed by atoms with van der Waals surface area (Å²) in [4.78, 5) is 23.6. The number of piperazine rings is 1. The molecule has 2 fully saturated rings. The second-order valence-electron chi connectivity index (χ2n) is 7.37. The second kappa shape index (κ2) is 8.31. The van der Waals surface area contributed by atoms with E-state index in [0.717, 1.165) is 50.7 Å². The van der Waals surface area contributed by atoms with Crippen molar-refractivity contribution in [3.63, 3.8) is 0 Å². The third kappa shape index (κ3) is 4.45. The number of imidazole rings is 1. The Labute approximate surface area is 165 Å². The van der Waals surface area contributed by atoms with E-state index in [1.165, 1.54) is 12.1 Å². The van der Waals surface area contributed by atoms with Crippen molar-refractivity contribution in [2.24, 2.45) is 0 Å². The molecular formula is C20H26ClN5O. The predicted molar refractivity (Wildman–Crippen MR) is 107 cm³/mol. The molecule has 144 valence electrons. The molecule has 6 nitrogen and oxygen atoms in total. The Balaban J connectivity index is 1.31. The fourth-order valence-corrected chi connectivity index (χ4v) is 4.32. The molecule has 2 aliphatic rings. The summed E-state index contributed by atoms with van der Waals surface area (Å²) in [5.74, 6) is 0.190. The van der Waals surface area contributed by atoms with Crippen molar-refractivity contribution in [2.75, 3.05) is 44.2 Å². The number of anilines is 1. The Kier molecular flexibility index (Phi) is 5.64. The number of halogens is 1. The van der Waals surface area contributed by atoms with Crippen LogP contribution in [-0.2, 0) is 11.3 Å². The number of amides is 1. The average molecular weight is 388 g/mol. The van der Waals surface area contributed by atoms with E-state index in [-0.39, 0.29) is 5.91 Å². The molecule has 1 atom stereocenters. The Morgan fingerprint density at radius 3 is 2.78 bits per heavy atom. The maximum absolute atomic E-state index is 12.6. The van der Waals surface area contributed by atoms with Gasteiger partial charge >= 0.3 is 0 Å². The molecule has 0 bridgehead atoms. The van der Waals surface area contributed by atoms with E-state index in [0.29, 0.717) is 12.6 Å². The molecule has 3 heterocycles. The van der Waals surface area contributed by atoms with Gasteiger partial charge in [0.05, 0.1) is 6.33 Å². The Hall–Kier alpha value is -2.05. The van der Waals surface area contributed by atoms with Crippen LogP contribution in [0.15, 0.2) is 43.0 Å². The lowest BCUT2D eigenvalue weighted by Gasteiger charge is -2.44. The normalized spacial score (nSPS) is 21.4. The molecule has 2 saturated heterocycles. The molecule has 1 aromatic carbocycles. The van der Waals surface area contributed by atoms with Crippen LogP contribution in [0.4, 0.5) is 5.69 Å². The van der Waals surface area contributed by atoms with Gasteiger partial charge in [0.25, 0.3) is 0 Å². The number of nitrogens with zero attached hydrogens (tertiary/aromatic N) is 5. The summed E-state index contributed by atoms with van der Waals surface area (Å²) in [5.41, 5.74) is 1.20. The average Bonchev–Trinajstić information content (AvgIpc) is 3.21. The highest BCUT2D eigenvalue weighted by Crippen LogP contribution is 2.23. The van der Waals surface area contributed by atoms with Crippen LogP contribution < -0.4 is 4.90 Å². The van der Waals surface area contributed by atoms with E-state index in [1.54, 1.807) is 12.5 Å². The van der Waals surface area contributed by atoms with Gasteiger partial charge in [-0.25, -0.2) is 4.98 Å². The summed E-state index contributed by atoms with van der Waals surface area (Å²) >= 11 is 6.13. The summed E-state index contributed by atoms with van der Waals surface area (Å²) in [6.45, 7) is 6.15. The number of carbonyl (C=O) groups excluding carboxylic acids is 1. The predicted octanol–water partition coefficient (Wildman–Crippen LogP) is 2.35. The van der Waals surface area contributed by atoms with Crippen molar-refractivity contribution < 1.29 is 4.79 Å². The van der Waals surface area contributed by atoms with Crippen LogP contribution in [0.3, 0.4) is 0 Å². The second-order valence-corrected chi connectivity index (χ2v) is 7.81. The largest absolute Gasteiger partial charge is 0.369 e. The summed E-state index contributed by atoms with van der Waals surface area (Å²) < 4.78 is 1.84. The van der Waals surface area contributed by atoms with Crippen molar-refractivity contribution in [3.8, 4) is 0 Å². The number of carbonyl (C=O) groups is 1. The highest BCUT2D eigenvalue weighted by molar-refractivity contribution is 6.30. The molecule has 0 saturated carbocycles. The molecule has 2 aromatic rings. The molecule has 0 N–H and O–H groups in total. The van der Waals surface area contributed by atoms with E-state index >= 15 is 0 Å². The molecule has 27 heavy (non-hydrogen) atoms. The maximum Gasteiger partial charge on any atom is 0.242 e. The molecule has 0 aliphatic carbocycles. The van der Waals surface area contributed by atoms with E-state index < -0.39 is 0 Å². The SMILES string of the molecule is O=C(Cn1ccnc1)N1CCCC(N2CCN(c3cccc(Cl)c3)CC2)C1. The van der Waals surface area contributed by atoms with Crippen LogP contribution in [0.2, 0.25) is 5.02 Å². The van der Waals surface area contributed by atoms with Gasteiger partial charge in [0.1, 0.15) is 6.54 Å². The molecule has 0 radical (unpaired) electrons. The minimum Gasteiger partial charge on any atom is -0.369 e. The number of hydrogen-bond donors (Lipinski definition) is 0. The molecule has 1 aromatic heterocycles. The van der Waals surface area contributed by atoms with Gasteiger partial charge in [-0.1, -0.05) is 17.7 Å². The van der Waals surface area contributed by atoms with Crippen molar-refractivity contribution in [3.05, 3.63) is 48.0 Å². The van der Waals surface area contributed by atoms with Crippen LogP contribution in [-0.4, -0.2) is 70.6 Å². The number of likely N-dealkylation sites (tertiary alicyclic amines) is 1. The maximum atomic E-state index is 12.6. The summed E-state index contributed by atoms with van der Waals surface area (Å²) in [7, 11) is 0. The van der Waals surface area contributed by atoms with E-state index in [9.17, 15) is 4.79 Å². The van der Waals surface area contributed by atoms with Crippen molar-refractivity contribution >= 4 is 23.2 Å². The van der Waals surface area contributed by atoms with Crippen molar-refractivity contribution in [1.29, 1.82) is 0 Å². The minimum atomic E-state index is 0.190. The third-order valence-corrected chi connectivity index (χ3v) is 5.87. The zero-order valence-corrected chi connectivity index (χ0v) is 16.3. The smallest absolute Gasteiger partial charge is 0.242 e. The van der Waals surface area contributed by atoms with Gasteiger partial charge in [0, 0.05) is 68.4 Å². The number of aromatic nitrogens is 2. The molecule has 2 aliphatic heterocycles. The molecule has 7 heteroatoms. The van der Waals surface area contributed by atoms with Gasteiger partial charge in [0.2, 0.25) is 5.91 Å². The van der Waals surface area contributed by atoms with Crippen molar-refractivity contribution in [1.82, 2.24) is 19.4 Å². The van der Waals surface area contributed by atoms with Crippen LogP contribution in [0.25, 0.3) is 0 Å². The van der Waals surface area contributed by atoms with Crippen LogP contribution in [0, 0.1) is 0 Å². The first kappa shape index (κ1) is 18.3. The molecule has 4 rings (SSSR count). The quantitative estimate of drug-likeness (QED) is 0.807. The summed E-state index contributed by atoms with van der Waals surface area (Å²) in [5, 5.41) is 0.786. The van der Waals surface area contributed by atoms with Crippen LogP contribution in [0.5, 0.6) is 0 Å². The first-order valence-electron chi connectivity index (χ1n) is 9.67. The lowest BCUT2D eigenvalue weighted by molar-refractivity contribution is -0.134. The van der Waals surface area contributed by atoms with Gasteiger partial charge in [-0.2, -0.15) is 0 Å². The first-order chi connectivity index (χ1) is 13.2. The number of piperidine rings is 1. The molecule has 1 amide bonds. The van der Waals surface area contributed by atoms with Gasteiger partial charge in [-0.05, 0) is 31.0 Å². The lowest BCUT2D eigenvalue weighted by Crippen LogP contribution is -2.56. The number of benzene rings is 1. The fraction of sp³-hybridized carbons (Fsp3) is 0.500. The standard InChI is InChI=1S/C20H26ClN5O/c21-17-3-1-4-18(13-17)24-9-11-25(12-10-24)19-5-2-7-26(14-19)20(27)15-23-8-6-22-16-23/h1,3-4,6,8,13,16,19H,2,5,7,9-12,14-15H2. The lowest BCUT2D eigenvalue weighted by atomic mass is 10.0. The van der Waals surface area contributed by atoms with Gasteiger partial charge < -0.3 is 14.4 Å². The Morgan fingerprint density at radius 1 is 1.19 bits per heavy atom. The van der Waals surface area contributed by atoms with E-state index in [1.807, 2.05) is 33.9 Å². The number of hydrogen-bond acceptors (Lipinski definition) is 4. The molecule has 0 spiro atoms. The zero-order valence-electron chi connectivity index (χ0n) is 15.5. The summed E-state index contributed by atoms with van der Waals surface area (Å²) in [6.07, 6.45) is 7.51. The van der Waals surface area contributed by atoms with Crippen LogP contribution >= 0.6 is 11.6 Å².